The zero-order valence-electron chi connectivity index (χ0n) is 7.12. The number of aldehydes is 1. The van der Waals surface area contributed by atoms with Crippen molar-refractivity contribution >= 4 is 23.9 Å². The molecule has 0 aromatic heterocycles. The molecule has 0 radical (unpaired) electrons. The minimum Gasteiger partial charge on any atom is -0.369 e. The molecule has 1 N–H and O–H groups in total. The zero-order valence-corrected chi connectivity index (χ0v) is 7.93. The Balaban J connectivity index is 2.27. The number of hydrogen-bond acceptors (Lipinski definition) is 4. The van der Waals surface area contributed by atoms with Crippen molar-refractivity contribution in [2.45, 2.75) is 0 Å². The maximum absolute atomic E-state index is 10.5. The first-order valence-electron chi connectivity index (χ1n) is 4.17. The van der Waals surface area contributed by atoms with Gasteiger partial charge in [-0.3, -0.25) is 9.79 Å². The number of thioether (sulfide) groups is 1. The van der Waals surface area contributed by atoms with Crippen LogP contribution in [0.15, 0.2) is 27.6 Å². The lowest BCUT2D eigenvalue weighted by molar-refractivity contribution is -0.104. The number of nitrogens with one attached hydrogen (secondary N) is 1. The third-order valence-corrected chi connectivity index (χ3v) is 2.95. The van der Waals surface area contributed by atoms with Crippen molar-refractivity contribution in [3.63, 3.8) is 0 Å². The van der Waals surface area contributed by atoms with Gasteiger partial charge in [-0.15, -0.1) is 11.8 Å². The van der Waals surface area contributed by atoms with Gasteiger partial charge in [0, 0.05) is 22.8 Å². The van der Waals surface area contributed by atoms with E-state index in [-0.39, 0.29) is 0 Å². The fraction of sp³-hybridized carbons (Fsp3) is 0.333. The Kier molecular flexibility index (Phi) is 2.49. The number of allylic oxidation sites excluding steroid dienone is 2. The number of nitrogens with zero attached hydrogens (tertiary/aromatic N) is 1. The van der Waals surface area contributed by atoms with Crippen LogP contribution in [0, 0.1) is 0 Å². The standard InChI is InChI=1S/C9H10N2OS/c12-6-7-1-2-8-9(11-5-7)10-3-4-13-8/h1-2,6H,3-5H2,(H,10,11). The zero-order chi connectivity index (χ0) is 9.10. The van der Waals surface area contributed by atoms with Crippen molar-refractivity contribution in [1.82, 2.24) is 5.32 Å². The summed E-state index contributed by atoms with van der Waals surface area (Å²) in [7, 11) is 0. The topological polar surface area (TPSA) is 41.5 Å². The first-order valence-corrected chi connectivity index (χ1v) is 5.16. The molecule has 0 spiro atoms. The molecular weight excluding hydrogens is 184 g/mol. The summed E-state index contributed by atoms with van der Waals surface area (Å²) >= 11 is 1.78. The minimum atomic E-state index is 0.492. The highest BCUT2D eigenvalue weighted by Crippen LogP contribution is 2.21. The molecule has 0 aromatic carbocycles. The van der Waals surface area contributed by atoms with Gasteiger partial charge >= 0.3 is 0 Å². The Morgan fingerprint density at radius 2 is 2.46 bits per heavy atom. The van der Waals surface area contributed by atoms with Crippen LogP contribution in [0.4, 0.5) is 0 Å². The number of carbonyl (C=O) groups is 1. The van der Waals surface area contributed by atoms with Crippen LogP contribution in [0.1, 0.15) is 0 Å². The maximum atomic E-state index is 10.5. The van der Waals surface area contributed by atoms with Gasteiger partial charge in [0.15, 0.2) is 0 Å². The summed E-state index contributed by atoms with van der Waals surface area (Å²) in [5.41, 5.74) is 0.733. The average Bonchev–Trinajstić information content (AvgIpc) is 2.39. The molecular formula is C9H10N2OS. The molecule has 0 atom stereocenters. The van der Waals surface area contributed by atoms with E-state index in [1.54, 1.807) is 11.8 Å². The van der Waals surface area contributed by atoms with Crippen LogP contribution in [0.2, 0.25) is 0 Å². The van der Waals surface area contributed by atoms with Gasteiger partial charge in [0.25, 0.3) is 0 Å². The summed E-state index contributed by atoms with van der Waals surface area (Å²) in [5.74, 6) is 2.00. The smallest absolute Gasteiger partial charge is 0.147 e. The van der Waals surface area contributed by atoms with Gasteiger partial charge in [-0.1, -0.05) is 6.08 Å². The largest absolute Gasteiger partial charge is 0.369 e. The van der Waals surface area contributed by atoms with E-state index in [4.69, 9.17) is 0 Å². The highest BCUT2D eigenvalue weighted by Gasteiger charge is 2.14. The molecule has 1 fully saturated rings. The van der Waals surface area contributed by atoms with Crippen LogP contribution >= 0.6 is 11.8 Å². The number of amidine groups is 1. The fourth-order valence-electron chi connectivity index (χ4n) is 1.23. The lowest BCUT2D eigenvalue weighted by Crippen LogP contribution is -2.31. The Morgan fingerprint density at radius 3 is 3.31 bits per heavy atom. The summed E-state index contributed by atoms with van der Waals surface area (Å²) in [4.78, 5) is 16.0. The lowest BCUT2D eigenvalue weighted by atomic mass is 10.3. The molecule has 2 aliphatic rings. The Bertz CT molecular complexity index is 318. The van der Waals surface area contributed by atoms with Gasteiger partial charge in [0.2, 0.25) is 0 Å². The highest BCUT2D eigenvalue weighted by atomic mass is 32.2. The Labute approximate surface area is 81.0 Å². The second kappa shape index (κ2) is 3.79. The first kappa shape index (κ1) is 8.56. The molecule has 2 aliphatic heterocycles. The molecule has 0 saturated carbocycles. The third-order valence-electron chi connectivity index (χ3n) is 1.91. The first-order chi connectivity index (χ1) is 6.40. The molecule has 0 aromatic rings. The molecule has 2 heterocycles. The van der Waals surface area contributed by atoms with Crippen LogP contribution in [-0.2, 0) is 4.79 Å². The monoisotopic (exact) mass is 194 g/mol. The maximum Gasteiger partial charge on any atom is 0.147 e. The molecule has 1 saturated heterocycles. The Morgan fingerprint density at radius 1 is 1.54 bits per heavy atom. The second-order valence-electron chi connectivity index (χ2n) is 2.83. The summed E-state index contributed by atoms with van der Waals surface area (Å²) in [5, 5.41) is 3.22. The van der Waals surface area contributed by atoms with Crippen molar-refractivity contribution in [3.8, 4) is 0 Å². The van der Waals surface area contributed by atoms with E-state index in [1.807, 2.05) is 12.2 Å². The van der Waals surface area contributed by atoms with E-state index in [2.05, 4.69) is 10.3 Å². The van der Waals surface area contributed by atoms with Gasteiger partial charge < -0.3 is 5.32 Å². The number of aliphatic imine (C=N–C) groups is 1. The third kappa shape index (κ3) is 1.83. The molecule has 0 amide bonds. The minimum absolute atomic E-state index is 0.492. The highest BCUT2D eigenvalue weighted by molar-refractivity contribution is 8.04. The number of carbonyl (C=O) groups excluding carboxylic acids is 1. The molecule has 13 heavy (non-hydrogen) atoms. The van der Waals surface area contributed by atoms with Crippen molar-refractivity contribution in [2.24, 2.45) is 4.99 Å². The molecule has 4 heteroatoms. The van der Waals surface area contributed by atoms with Crippen LogP contribution in [-0.4, -0.2) is 31.0 Å². The SMILES string of the molecule is O=CC1=CC=C2SCCNC2=NC1. The summed E-state index contributed by atoms with van der Waals surface area (Å²) < 4.78 is 0. The molecule has 68 valence electrons. The lowest BCUT2D eigenvalue weighted by Gasteiger charge is -2.17. The molecule has 0 aliphatic carbocycles. The van der Waals surface area contributed by atoms with Gasteiger partial charge in [-0.2, -0.15) is 0 Å². The van der Waals surface area contributed by atoms with E-state index in [9.17, 15) is 4.79 Å². The van der Waals surface area contributed by atoms with E-state index in [1.165, 1.54) is 0 Å². The van der Waals surface area contributed by atoms with Gasteiger partial charge in [-0.05, 0) is 6.08 Å². The van der Waals surface area contributed by atoms with E-state index >= 15 is 0 Å². The fourth-order valence-corrected chi connectivity index (χ4v) is 2.09. The number of rotatable bonds is 1. The van der Waals surface area contributed by atoms with Crippen LogP contribution in [0.3, 0.4) is 0 Å². The Hall–Kier alpha value is -1.03. The van der Waals surface area contributed by atoms with Gasteiger partial charge in [-0.25, -0.2) is 0 Å². The average molecular weight is 194 g/mol. The molecule has 3 nitrogen and oxygen atoms in total. The van der Waals surface area contributed by atoms with Crippen LogP contribution in [0.25, 0.3) is 0 Å². The van der Waals surface area contributed by atoms with Gasteiger partial charge in [0.1, 0.15) is 12.1 Å². The molecule has 2 rings (SSSR count). The molecule has 0 bridgehead atoms. The van der Waals surface area contributed by atoms with E-state index in [0.29, 0.717) is 6.54 Å². The summed E-state index contributed by atoms with van der Waals surface area (Å²) in [6.07, 6.45) is 4.67. The molecule has 0 unspecified atom stereocenters. The second-order valence-corrected chi connectivity index (χ2v) is 3.97. The van der Waals surface area contributed by atoms with Crippen molar-refractivity contribution < 1.29 is 4.79 Å². The number of hydrogen-bond donors (Lipinski definition) is 1. The van der Waals surface area contributed by atoms with Crippen molar-refractivity contribution in [3.05, 3.63) is 22.6 Å². The van der Waals surface area contributed by atoms with Crippen LogP contribution < -0.4 is 5.32 Å². The summed E-state index contributed by atoms with van der Waals surface area (Å²) in [6, 6.07) is 0. The van der Waals surface area contributed by atoms with Crippen LogP contribution in [0.5, 0.6) is 0 Å². The quantitative estimate of drug-likeness (QED) is 0.626. The predicted molar refractivity (Wildman–Crippen MR) is 55.0 cm³/mol. The van der Waals surface area contributed by atoms with E-state index < -0.39 is 0 Å². The van der Waals surface area contributed by atoms with E-state index in [0.717, 1.165) is 34.9 Å². The summed E-state index contributed by atoms with van der Waals surface area (Å²) in [6.45, 7) is 1.45. The van der Waals surface area contributed by atoms with Crippen molar-refractivity contribution in [2.75, 3.05) is 18.8 Å². The van der Waals surface area contributed by atoms with Crippen molar-refractivity contribution in [1.29, 1.82) is 0 Å². The normalized spacial score (nSPS) is 21.4. The number of fused-ring (bicyclic) bond motifs is 1. The van der Waals surface area contributed by atoms with Gasteiger partial charge in [0.05, 0.1) is 6.54 Å². The predicted octanol–water partition coefficient (Wildman–Crippen LogP) is 0.744.